The van der Waals surface area contributed by atoms with Crippen molar-refractivity contribution in [2.75, 3.05) is 5.32 Å². The van der Waals surface area contributed by atoms with E-state index in [0.717, 1.165) is 23.9 Å². The maximum Gasteiger partial charge on any atom is 0.416 e. The molecule has 0 saturated carbocycles. The lowest BCUT2D eigenvalue weighted by molar-refractivity contribution is -0.143. The van der Waals surface area contributed by atoms with Gasteiger partial charge in [-0.05, 0) is 48.5 Å². The first-order valence-corrected chi connectivity index (χ1v) is 11.1. The molecule has 0 saturated heterocycles. The maximum absolute atomic E-state index is 13.4. The fourth-order valence-electron chi connectivity index (χ4n) is 3.11. The molecular weight excluding hydrogens is 529 g/mol. The van der Waals surface area contributed by atoms with E-state index >= 15 is 0 Å². The minimum atomic E-state index is -5.09. The molecule has 2 aromatic carbocycles. The highest BCUT2D eigenvalue weighted by Crippen LogP contribution is 2.37. The molecule has 0 aliphatic carbocycles. The average molecular weight is 542 g/mol. The van der Waals surface area contributed by atoms with Crippen LogP contribution in [0.5, 0.6) is 0 Å². The number of halogens is 7. The third-order valence-electron chi connectivity index (χ3n) is 4.78. The summed E-state index contributed by atoms with van der Waals surface area (Å²) in [5, 5.41) is 10.0. The zero-order valence-electron chi connectivity index (χ0n) is 18.2. The fourth-order valence-corrected chi connectivity index (χ4v) is 3.90. The predicted octanol–water partition coefficient (Wildman–Crippen LogP) is 5.78. The topological polar surface area (TPSA) is 85.6 Å². The molecule has 0 aliphatic heterocycles. The number of anilines is 1. The minimum Gasteiger partial charge on any atom is -0.321 e. The first kappa shape index (κ1) is 26.1. The molecule has 0 unspecified atom stereocenters. The molecule has 1 amide bonds. The van der Waals surface area contributed by atoms with E-state index in [0.29, 0.717) is 23.0 Å². The van der Waals surface area contributed by atoms with Gasteiger partial charge in [0.2, 0.25) is 0 Å². The normalized spacial score (nSPS) is 12.0. The van der Waals surface area contributed by atoms with Gasteiger partial charge in [-0.25, -0.2) is 19.0 Å². The Morgan fingerprint density at radius 1 is 0.919 bits per heavy atom. The van der Waals surface area contributed by atoms with E-state index in [2.05, 4.69) is 20.3 Å². The number of benzene rings is 2. The Balaban J connectivity index is 1.71. The van der Waals surface area contributed by atoms with Gasteiger partial charge in [-0.2, -0.15) is 26.3 Å². The van der Waals surface area contributed by atoms with Crippen LogP contribution in [0.15, 0.2) is 66.1 Å². The molecule has 4 rings (SSSR count). The second-order valence-electron chi connectivity index (χ2n) is 7.34. The smallest absolute Gasteiger partial charge is 0.321 e. The van der Waals surface area contributed by atoms with Gasteiger partial charge in [0.05, 0.1) is 22.5 Å². The molecule has 2 heterocycles. The van der Waals surface area contributed by atoms with Gasteiger partial charge in [0.15, 0.2) is 10.9 Å². The molecule has 0 radical (unpaired) electrons. The van der Waals surface area contributed by atoms with E-state index in [9.17, 15) is 35.5 Å². The molecule has 37 heavy (non-hydrogen) atoms. The summed E-state index contributed by atoms with van der Waals surface area (Å²) >= 11 is 1.06. The van der Waals surface area contributed by atoms with Crippen LogP contribution in [0.1, 0.15) is 27.3 Å². The van der Waals surface area contributed by atoms with Gasteiger partial charge in [-0.1, -0.05) is 17.0 Å². The predicted molar refractivity (Wildman–Crippen MR) is 117 cm³/mol. The van der Waals surface area contributed by atoms with Crippen LogP contribution in [0.25, 0.3) is 5.69 Å². The van der Waals surface area contributed by atoms with E-state index in [1.165, 1.54) is 29.2 Å². The van der Waals surface area contributed by atoms with E-state index in [1.807, 2.05) is 5.32 Å². The second kappa shape index (κ2) is 10.2. The van der Waals surface area contributed by atoms with E-state index in [-0.39, 0.29) is 23.2 Å². The zero-order chi connectivity index (χ0) is 26.8. The lowest BCUT2D eigenvalue weighted by Gasteiger charge is -2.14. The van der Waals surface area contributed by atoms with Gasteiger partial charge in [0, 0.05) is 23.8 Å². The summed E-state index contributed by atoms with van der Waals surface area (Å²) in [5.41, 5.74) is -3.89. The number of thioether (sulfide) groups is 1. The molecule has 0 aliphatic rings. The summed E-state index contributed by atoms with van der Waals surface area (Å²) in [4.78, 5) is 21.1. The van der Waals surface area contributed by atoms with Crippen LogP contribution in [0.2, 0.25) is 0 Å². The van der Waals surface area contributed by atoms with Crippen molar-refractivity contribution in [3.8, 4) is 5.69 Å². The van der Waals surface area contributed by atoms with Crippen molar-refractivity contribution in [2.24, 2.45) is 0 Å². The molecule has 2 aromatic heterocycles. The van der Waals surface area contributed by atoms with E-state index in [1.54, 1.807) is 6.07 Å². The molecular formula is C22H13F7N6OS. The van der Waals surface area contributed by atoms with Gasteiger partial charge in [0.25, 0.3) is 5.91 Å². The van der Waals surface area contributed by atoms with Crippen LogP contribution in [0, 0.1) is 5.82 Å². The summed E-state index contributed by atoms with van der Waals surface area (Å²) < 4.78 is 93.8. The zero-order valence-corrected chi connectivity index (χ0v) is 19.0. The summed E-state index contributed by atoms with van der Waals surface area (Å²) in [5.74, 6) is -1.67. The van der Waals surface area contributed by atoms with Crippen molar-refractivity contribution < 1.29 is 35.5 Å². The summed E-state index contributed by atoms with van der Waals surface area (Å²) in [6.45, 7) is 0. The Labute approximate surface area is 207 Å². The number of carbonyl (C=O) groups excluding carboxylic acids is 1. The lowest BCUT2D eigenvalue weighted by Crippen LogP contribution is -2.17. The Kier molecular flexibility index (Phi) is 7.16. The van der Waals surface area contributed by atoms with Crippen molar-refractivity contribution in [3.63, 3.8) is 0 Å². The van der Waals surface area contributed by atoms with Gasteiger partial charge < -0.3 is 5.32 Å². The van der Waals surface area contributed by atoms with Crippen LogP contribution >= 0.6 is 11.8 Å². The van der Waals surface area contributed by atoms with Crippen molar-refractivity contribution in [1.82, 2.24) is 25.0 Å². The molecule has 192 valence electrons. The number of hydrogen-bond acceptors (Lipinski definition) is 6. The number of nitrogens with one attached hydrogen (secondary N) is 1. The molecule has 0 spiro atoms. The van der Waals surface area contributed by atoms with Gasteiger partial charge >= 0.3 is 12.4 Å². The number of carbonyl (C=O) groups is 1. The van der Waals surface area contributed by atoms with Gasteiger partial charge in [-0.15, -0.1) is 5.10 Å². The third-order valence-corrected chi connectivity index (χ3v) is 5.66. The average Bonchev–Trinajstić information content (AvgIpc) is 3.26. The fraction of sp³-hybridized carbons (Fsp3) is 0.136. The van der Waals surface area contributed by atoms with Crippen molar-refractivity contribution in [2.45, 2.75) is 23.3 Å². The summed E-state index contributed by atoms with van der Waals surface area (Å²) in [7, 11) is 0. The van der Waals surface area contributed by atoms with Crippen molar-refractivity contribution >= 4 is 23.4 Å². The molecule has 0 bridgehead atoms. The van der Waals surface area contributed by atoms with E-state index < -0.39 is 40.9 Å². The van der Waals surface area contributed by atoms with Gasteiger partial charge in [-0.3, -0.25) is 4.79 Å². The summed E-state index contributed by atoms with van der Waals surface area (Å²) in [6.07, 6.45) is -7.23. The second-order valence-corrected chi connectivity index (χ2v) is 8.28. The summed E-state index contributed by atoms with van der Waals surface area (Å²) in [6, 6.07) is 7.25. The monoisotopic (exact) mass is 542 g/mol. The largest absolute Gasteiger partial charge is 0.416 e. The van der Waals surface area contributed by atoms with Crippen molar-refractivity contribution in [1.29, 1.82) is 0 Å². The Morgan fingerprint density at radius 3 is 2.08 bits per heavy atom. The van der Waals surface area contributed by atoms with Crippen LogP contribution in [-0.4, -0.2) is 30.9 Å². The number of aromatic nitrogens is 5. The number of amides is 1. The van der Waals surface area contributed by atoms with E-state index in [4.69, 9.17) is 0 Å². The molecule has 0 atom stereocenters. The van der Waals surface area contributed by atoms with Crippen molar-refractivity contribution in [3.05, 3.63) is 89.3 Å². The first-order chi connectivity index (χ1) is 17.4. The lowest BCUT2D eigenvalue weighted by atomic mass is 10.1. The van der Waals surface area contributed by atoms with Crippen LogP contribution in [0.3, 0.4) is 0 Å². The molecule has 0 fully saturated rings. The number of nitrogens with zero attached hydrogens (tertiary/aromatic N) is 5. The molecule has 4 aromatic rings. The highest BCUT2D eigenvalue weighted by atomic mass is 32.2. The van der Waals surface area contributed by atoms with Crippen LogP contribution < -0.4 is 5.32 Å². The Hall–Kier alpha value is -4.01. The highest BCUT2D eigenvalue weighted by Gasteiger charge is 2.37. The standard InChI is InChI=1S/C22H13F7N6OS/c23-14-2-4-16(5-3-14)35-17(11-37-20-30-6-1-7-31-20)18(33-34-35)19(36)32-15-9-12(21(24,25)26)8-13(10-15)22(27,28)29/h1-10H,11H2,(H,32,36). The molecule has 15 heteroatoms. The quantitative estimate of drug-likeness (QED) is 0.189. The number of hydrogen-bond donors (Lipinski definition) is 1. The van der Waals surface area contributed by atoms with Crippen LogP contribution in [0.4, 0.5) is 36.4 Å². The number of alkyl halides is 6. The Morgan fingerprint density at radius 2 is 1.51 bits per heavy atom. The van der Waals surface area contributed by atoms with Crippen LogP contribution in [-0.2, 0) is 18.1 Å². The molecule has 1 N–H and O–H groups in total. The highest BCUT2D eigenvalue weighted by molar-refractivity contribution is 7.98. The third kappa shape index (κ3) is 6.22. The minimum absolute atomic E-state index is 0.0203. The first-order valence-electron chi connectivity index (χ1n) is 10.1. The Bertz CT molecular complexity index is 1370. The van der Waals surface area contributed by atoms with Gasteiger partial charge in [0.1, 0.15) is 5.82 Å². The SMILES string of the molecule is O=C(Nc1cc(C(F)(F)F)cc(C(F)(F)F)c1)c1nnn(-c2ccc(F)cc2)c1CSc1ncccn1. The number of rotatable bonds is 6. The molecule has 7 nitrogen and oxygen atoms in total. The maximum atomic E-state index is 13.4.